The fourth-order valence-corrected chi connectivity index (χ4v) is 0.951. The van der Waals surface area contributed by atoms with Gasteiger partial charge in [0.05, 0.1) is 6.34 Å². The quantitative estimate of drug-likeness (QED) is 0.291. The second-order valence-electron chi connectivity index (χ2n) is 2.78. The Hall–Kier alpha value is -1.26. The van der Waals surface area contributed by atoms with Crippen molar-refractivity contribution in [2.45, 2.75) is 25.7 Å². The molecule has 0 unspecified atom stereocenters. The third-order valence-electron chi connectivity index (χ3n) is 1.60. The molecule has 0 heterocycles. The Kier molecular flexibility index (Phi) is 7.98. The molecule has 0 saturated heterocycles. The van der Waals surface area contributed by atoms with Crippen LogP contribution in [0.4, 0.5) is 0 Å². The van der Waals surface area contributed by atoms with Crippen LogP contribution in [0.25, 0.3) is 0 Å². The van der Waals surface area contributed by atoms with Crippen molar-refractivity contribution in [2.75, 3.05) is 13.1 Å². The van der Waals surface area contributed by atoms with Crippen LogP contribution in [-0.4, -0.2) is 25.4 Å². The Morgan fingerprint density at radius 1 is 1.00 bits per heavy atom. The summed E-state index contributed by atoms with van der Waals surface area (Å²) in [5.41, 5.74) is 15.4. The molecule has 0 aliphatic carbocycles. The molecule has 0 aliphatic rings. The normalized spacial score (nSPS) is 10.5. The zero-order valence-corrected chi connectivity index (χ0v) is 7.95. The molecule has 0 aromatic carbocycles. The van der Waals surface area contributed by atoms with Crippen molar-refractivity contribution in [1.82, 2.24) is 0 Å². The van der Waals surface area contributed by atoms with Crippen LogP contribution in [0.1, 0.15) is 25.7 Å². The molecule has 6 N–H and O–H groups in total. The summed E-state index contributed by atoms with van der Waals surface area (Å²) in [6.45, 7) is 1.54. The Morgan fingerprint density at radius 2 is 1.62 bits per heavy atom. The standard InChI is InChI=1S/C8H19N5/c9-7-12-5-3-1-2-4-6-13-8(10)11/h7H,1-6H2,(H2,9,12)(H4,10,11,13). The van der Waals surface area contributed by atoms with Crippen LogP contribution >= 0.6 is 0 Å². The number of guanidine groups is 1. The number of aliphatic imine (C=N–C) groups is 2. The second kappa shape index (κ2) is 8.83. The molecule has 0 atom stereocenters. The summed E-state index contributed by atoms with van der Waals surface area (Å²) >= 11 is 0. The molecule has 0 bridgehead atoms. The van der Waals surface area contributed by atoms with E-state index in [0.717, 1.165) is 38.8 Å². The van der Waals surface area contributed by atoms with Gasteiger partial charge >= 0.3 is 0 Å². The van der Waals surface area contributed by atoms with Crippen LogP contribution in [0.5, 0.6) is 0 Å². The number of unbranched alkanes of at least 4 members (excludes halogenated alkanes) is 3. The minimum atomic E-state index is 0.174. The zero-order chi connectivity index (χ0) is 9.94. The lowest BCUT2D eigenvalue weighted by molar-refractivity contribution is 0.654. The van der Waals surface area contributed by atoms with Crippen molar-refractivity contribution in [3.05, 3.63) is 0 Å². The van der Waals surface area contributed by atoms with Crippen LogP contribution in [0.2, 0.25) is 0 Å². The molecule has 0 amide bonds. The summed E-state index contributed by atoms with van der Waals surface area (Å²) in [5.74, 6) is 0.174. The van der Waals surface area contributed by atoms with Crippen molar-refractivity contribution in [1.29, 1.82) is 0 Å². The Morgan fingerprint density at radius 3 is 2.15 bits per heavy atom. The fraction of sp³-hybridized carbons (Fsp3) is 0.750. The van der Waals surface area contributed by atoms with Gasteiger partial charge in [0.25, 0.3) is 0 Å². The minimum Gasteiger partial charge on any atom is -0.390 e. The first-order chi connectivity index (χ1) is 6.27. The summed E-state index contributed by atoms with van der Waals surface area (Å²) in [6.07, 6.45) is 5.74. The first kappa shape index (κ1) is 11.7. The van der Waals surface area contributed by atoms with Gasteiger partial charge in [-0.05, 0) is 12.8 Å². The van der Waals surface area contributed by atoms with Gasteiger partial charge in [0.1, 0.15) is 0 Å². The third kappa shape index (κ3) is 10.7. The molecule has 0 saturated carbocycles. The van der Waals surface area contributed by atoms with Crippen LogP contribution < -0.4 is 17.2 Å². The maximum Gasteiger partial charge on any atom is 0.185 e. The van der Waals surface area contributed by atoms with Gasteiger partial charge < -0.3 is 17.2 Å². The predicted octanol–water partition coefficient (Wildman–Crippen LogP) is -0.193. The first-order valence-corrected chi connectivity index (χ1v) is 4.52. The number of hydrogen-bond acceptors (Lipinski definition) is 2. The molecule has 13 heavy (non-hydrogen) atoms. The van der Waals surface area contributed by atoms with Gasteiger partial charge in [-0.2, -0.15) is 0 Å². The van der Waals surface area contributed by atoms with Gasteiger partial charge in [0, 0.05) is 13.1 Å². The van der Waals surface area contributed by atoms with E-state index in [2.05, 4.69) is 9.98 Å². The summed E-state index contributed by atoms with van der Waals surface area (Å²) < 4.78 is 0. The lowest BCUT2D eigenvalue weighted by Gasteiger charge is -1.96. The molecule has 0 spiro atoms. The average Bonchev–Trinajstić information content (AvgIpc) is 2.09. The number of hydrogen-bond donors (Lipinski definition) is 3. The lowest BCUT2D eigenvalue weighted by atomic mass is 10.2. The number of nitrogens with two attached hydrogens (primary N) is 3. The van der Waals surface area contributed by atoms with E-state index in [9.17, 15) is 0 Å². The Bertz CT molecular complexity index is 160. The smallest absolute Gasteiger partial charge is 0.185 e. The number of nitrogens with zero attached hydrogens (tertiary/aromatic N) is 2. The van der Waals surface area contributed by atoms with Crippen molar-refractivity contribution in [3.8, 4) is 0 Å². The maximum absolute atomic E-state index is 5.17. The SMILES string of the molecule is NC=NCCCCCCN=C(N)N. The molecule has 0 aromatic rings. The molecular formula is C8H19N5. The molecule has 76 valence electrons. The van der Waals surface area contributed by atoms with Crippen LogP contribution in [0.3, 0.4) is 0 Å². The van der Waals surface area contributed by atoms with Crippen molar-refractivity contribution < 1.29 is 0 Å². The molecule has 0 fully saturated rings. The van der Waals surface area contributed by atoms with Crippen molar-refractivity contribution >= 4 is 12.3 Å². The Labute approximate surface area is 79.1 Å². The van der Waals surface area contributed by atoms with E-state index < -0.39 is 0 Å². The van der Waals surface area contributed by atoms with E-state index in [1.54, 1.807) is 0 Å². The van der Waals surface area contributed by atoms with E-state index in [0.29, 0.717) is 0 Å². The molecule has 0 rings (SSSR count). The summed E-state index contributed by atoms with van der Waals surface area (Å²) in [6, 6.07) is 0. The number of rotatable bonds is 7. The van der Waals surface area contributed by atoms with E-state index >= 15 is 0 Å². The van der Waals surface area contributed by atoms with E-state index in [-0.39, 0.29) is 5.96 Å². The first-order valence-electron chi connectivity index (χ1n) is 4.52. The molecular weight excluding hydrogens is 166 g/mol. The summed E-state index contributed by atoms with van der Waals surface area (Å²) in [4.78, 5) is 7.78. The van der Waals surface area contributed by atoms with Gasteiger partial charge in [-0.1, -0.05) is 12.8 Å². The van der Waals surface area contributed by atoms with Crippen LogP contribution in [0, 0.1) is 0 Å². The highest BCUT2D eigenvalue weighted by atomic mass is 15.0. The molecule has 0 aromatic heterocycles. The highest BCUT2D eigenvalue weighted by Gasteiger charge is 1.88. The third-order valence-corrected chi connectivity index (χ3v) is 1.60. The van der Waals surface area contributed by atoms with Gasteiger partial charge in [0.15, 0.2) is 5.96 Å². The minimum absolute atomic E-state index is 0.174. The molecule has 0 radical (unpaired) electrons. The lowest BCUT2D eigenvalue weighted by Crippen LogP contribution is -2.22. The van der Waals surface area contributed by atoms with Gasteiger partial charge in [-0.3, -0.25) is 9.98 Å². The average molecular weight is 185 g/mol. The van der Waals surface area contributed by atoms with Crippen LogP contribution in [-0.2, 0) is 0 Å². The van der Waals surface area contributed by atoms with Crippen molar-refractivity contribution in [3.63, 3.8) is 0 Å². The summed E-state index contributed by atoms with van der Waals surface area (Å²) in [5, 5.41) is 0. The van der Waals surface area contributed by atoms with Crippen LogP contribution in [0.15, 0.2) is 9.98 Å². The van der Waals surface area contributed by atoms with Gasteiger partial charge in [-0.25, -0.2) is 0 Å². The fourth-order valence-electron chi connectivity index (χ4n) is 0.951. The van der Waals surface area contributed by atoms with Crippen molar-refractivity contribution in [2.24, 2.45) is 27.2 Å². The molecule has 5 heteroatoms. The highest BCUT2D eigenvalue weighted by Crippen LogP contribution is 1.99. The predicted molar refractivity (Wildman–Crippen MR) is 56.7 cm³/mol. The second-order valence-corrected chi connectivity index (χ2v) is 2.78. The largest absolute Gasteiger partial charge is 0.390 e. The monoisotopic (exact) mass is 185 g/mol. The van der Waals surface area contributed by atoms with E-state index in [1.807, 2.05) is 0 Å². The summed E-state index contributed by atoms with van der Waals surface area (Å²) in [7, 11) is 0. The topological polar surface area (TPSA) is 103 Å². The molecule has 5 nitrogen and oxygen atoms in total. The van der Waals surface area contributed by atoms with Gasteiger partial charge in [-0.15, -0.1) is 0 Å². The Balaban J connectivity index is 3.04. The highest BCUT2D eigenvalue weighted by molar-refractivity contribution is 5.75. The van der Waals surface area contributed by atoms with Gasteiger partial charge in [0.2, 0.25) is 0 Å². The van der Waals surface area contributed by atoms with E-state index in [4.69, 9.17) is 17.2 Å². The maximum atomic E-state index is 5.17. The zero-order valence-electron chi connectivity index (χ0n) is 7.95. The molecule has 0 aliphatic heterocycles. The van der Waals surface area contributed by atoms with E-state index in [1.165, 1.54) is 6.34 Å².